The molecule has 0 aromatic heterocycles. The molecule has 0 bridgehead atoms. The normalized spacial score (nSPS) is 14.4. The fourth-order valence-corrected chi connectivity index (χ4v) is 0.967. The maximum Gasteiger partial charge on any atom is 0.244 e. The minimum absolute atomic E-state index is 0.266. The molecule has 1 unspecified atom stereocenters. The molecule has 0 rings (SSSR count). The van der Waals surface area contributed by atoms with E-state index in [1.807, 2.05) is 13.0 Å². The Bertz CT molecular complexity index is 175. The van der Waals surface area contributed by atoms with Crippen molar-refractivity contribution < 1.29 is 4.79 Å². The Morgan fingerprint density at radius 1 is 1.58 bits per heavy atom. The minimum atomic E-state index is -0.341. The predicted molar refractivity (Wildman–Crippen MR) is 50.7 cm³/mol. The number of nitrogens with two attached hydrogens (primary N) is 1. The van der Waals surface area contributed by atoms with Crippen LogP contribution in [-0.2, 0) is 4.79 Å². The van der Waals surface area contributed by atoms with E-state index >= 15 is 0 Å². The molecule has 3 heteroatoms. The molecule has 0 aliphatic heterocycles. The summed E-state index contributed by atoms with van der Waals surface area (Å²) in [6.45, 7) is 6.75. The summed E-state index contributed by atoms with van der Waals surface area (Å²) in [6.07, 6.45) is 2.85. The van der Waals surface area contributed by atoms with E-state index in [0.29, 0.717) is 5.57 Å². The number of primary amides is 1. The van der Waals surface area contributed by atoms with Gasteiger partial charge in [-0.3, -0.25) is 4.79 Å². The highest BCUT2D eigenvalue weighted by molar-refractivity contribution is 5.91. The Hall–Kier alpha value is -0.830. The number of nitrogens with one attached hydrogen (secondary N) is 1. The molecule has 12 heavy (non-hydrogen) atoms. The monoisotopic (exact) mass is 170 g/mol. The van der Waals surface area contributed by atoms with Crippen molar-refractivity contribution in [3.8, 4) is 0 Å². The van der Waals surface area contributed by atoms with Gasteiger partial charge in [0.15, 0.2) is 0 Å². The van der Waals surface area contributed by atoms with Crippen molar-refractivity contribution in [1.82, 2.24) is 5.32 Å². The van der Waals surface area contributed by atoms with Crippen LogP contribution >= 0.6 is 0 Å². The molecule has 3 nitrogen and oxygen atoms in total. The predicted octanol–water partition coefficient (Wildman–Crippen LogP) is 0.806. The Morgan fingerprint density at radius 2 is 2.17 bits per heavy atom. The van der Waals surface area contributed by atoms with Gasteiger partial charge in [0.25, 0.3) is 0 Å². The summed E-state index contributed by atoms with van der Waals surface area (Å²) in [5.74, 6) is -0.341. The zero-order chi connectivity index (χ0) is 9.56. The lowest BCUT2D eigenvalue weighted by molar-refractivity contribution is -0.114. The maximum absolute atomic E-state index is 10.7. The third-order valence-corrected chi connectivity index (χ3v) is 1.75. The lowest BCUT2D eigenvalue weighted by atomic mass is 10.1. The quantitative estimate of drug-likeness (QED) is 0.600. The molecule has 70 valence electrons. The number of hydrogen-bond donors (Lipinski definition) is 2. The highest BCUT2D eigenvalue weighted by Crippen LogP contribution is 1.98. The molecule has 0 spiro atoms. The van der Waals surface area contributed by atoms with Gasteiger partial charge in [0.1, 0.15) is 0 Å². The average molecular weight is 170 g/mol. The van der Waals surface area contributed by atoms with E-state index in [1.165, 1.54) is 0 Å². The molecule has 0 saturated heterocycles. The van der Waals surface area contributed by atoms with Crippen LogP contribution in [0.5, 0.6) is 0 Å². The van der Waals surface area contributed by atoms with Crippen LogP contribution in [-0.4, -0.2) is 18.5 Å². The summed E-state index contributed by atoms with van der Waals surface area (Å²) in [5.41, 5.74) is 5.73. The van der Waals surface area contributed by atoms with Crippen LogP contribution in [0.25, 0.3) is 0 Å². The first-order chi connectivity index (χ1) is 5.61. The molecule has 0 heterocycles. The molecular weight excluding hydrogens is 152 g/mol. The lowest BCUT2D eigenvalue weighted by Crippen LogP contribution is -2.27. The standard InChI is InChI=1S/C9H18N2O/c1-4-8(11-5-2)6-7(3)9(10)12/h6,8,11H,4-5H2,1-3H3,(H2,10,12)/b7-6+. The fourth-order valence-electron chi connectivity index (χ4n) is 0.967. The smallest absolute Gasteiger partial charge is 0.244 e. The zero-order valence-corrected chi connectivity index (χ0v) is 8.05. The van der Waals surface area contributed by atoms with Crippen molar-refractivity contribution in [3.05, 3.63) is 11.6 Å². The Labute approximate surface area is 74.0 Å². The van der Waals surface area contributed by atoms with Gasteiger partial charge < -0.3 is 11.1 Å². The Kier molecular flexibility index (Phi) is 5.37. The topological polar surface area (TPSA) is 55.1 Å². The number of hydrogen-bond acceptors (Lipinski definition) is 2. The molecule has 1 amide bonds. The van der Waals surface area contributed by atoms with Crippen molar-refractivity contribution >= 4 is 5.91 Å². The number of likely N-dealkylation sites (N-methyl/N-ethyl adjacent to an activating group) is 1. The van der Waals surface area contributed by atoms with E-state index in [9.17, 15) is 4.79 Å². The van der Waals surface area contributed by atoms with Gasteiger partial charge in [0, 0.05) is 11.6 Å². The Balaban J connectivity index is 4.14. The van der Waals surface area contributed by atoms with Crippen molar-refractivity contribution in [3.63, 3.8) is 0 Å². The first kappa shape index (κ1) is 11.2. The van der Waals surface area contributed by atoms with Crippen LogP contribution in [0.3, 0.4) is 0 Å². The van der Waals surface area contributed by atoms with Crippen LogP contribution < -0.4 is 11.1 Å². The zero-order valence-electron chi connectivity index (χ0n) is 8.05. The molecule has 0 saturated carbocycles. The van der Waals surface area contributed by atoms with E-state index < -0.39 is 0 Å². The molecule has 0 radical (unpaired) electrons. The first-order valence-electron chi connectivity index (χ1n) is 4.33. The van der Waals surface area contributed by atoms with Gasteiger partial charge in [0.05, 0.1) is 0 Å². The summed E-state index contributed by atoms with van der Waals surface area (Å²) in [6, 6.07) is 0.266. The average Bonchev–Trinajstić information content (AvgIpc) is 2.03. The van der Waals surface area contributed by atoms with Crippen LogP contribution in [0.2, 0.25) is 0 Å². The molecule has 3 N–H and O–H groups in total. The van der Waals surface area contributed by atoms with Crippen LogP contribution in [0.4, 0.5) is 0 Å². The number of carbonyl (C=O) groups is 1. The summed E-state index contributed by atoms with van der Waals surface area (Å²) in [5, 5.41) is 3.23. The molecule has 1 atom stereocenters. The lowest BCUT2D eigenvalue weighted by Gasteiger charge is -2.11. The van der Waals surface area contributed by atoms with Crippen LogP contribution in [0, 0.1) is 0 Å². The van der Waals surface area contributed by atoms with Crippen molar-refractivity contribution in [2.75, 3.05) is 6.54 Å². The number of carbonyl (C=O) groups excluding carboxylic acids is 1. The maximum atomic E-state index is 10.7. The van der Waals surface area contributed by atoms with Gasteiger partial charge in [-0.15, -0.1) is 0 Å². The fraction of sp³-hybridized carbons (Fsp3) is 0.667. The highest BCUT2D eigenvalue weighted by Gasteiger charge is 2.03. The molecule has 0 aliphatic carbocycles. The number of rotatable bonds is 5. The van der Waals surface area contributed by atoms with Gasteiger partial charge in [-0.25, -0.2) is 0 Å². The SMILES string of the molecule is CCNC(/C=C(\C)C(N)=O)CC. The van der Waals surface area contributed by atoms with Crippen molar-refractivity contribution in [2.45, 2.75) is 33.2 Å². The first-order valence-corrected chi connectivity index (χ1v) is 4.33. The number of amides is 1. The van der Waals surface area contributed by atoms with E-state index in [4.69, 9.17) is 5.73 Å². The van der Waals surface area contributed by atoms with Gasteiger partial charge in [-0.05, 0) is 19.9 Å². The second-order valence-corrected chi connectivity index (χ2v) is 2.79. The van der Waals surface area contributed by atoms with E-state index in [2.05, 4.69) is 12.2 Å². The van der Waals surface area contributed by atoms with Gasteiger partial charge in [-0.1, -0.05) is 19.9 Å². The summed E-state index contributed by atoms with van der Waals surface area (Å²) < 4.78 is 0. The van der Waals surface area contributed by atoms with E-state index in [1.54, 1.807) is 6.92 Å². The van der Waals surface area contributed by atoms with Gasteiger partial charge >= 0.3 is 0 Å². The molecule has 0 aromatic carbocycles. The van der Waals surface area contributed by atoms with Crippen LogP contribution in [0.1, 0.15) is 27.2 Å². The van der Waals surface area contributed by atoms with E-state index in [-0.39, 0.29) is 11.9 Å². The van der Waals surface area contributed by atoms with Crippen LogP contribution in [0.15, 0.2) is 11.6 Å². The molecule has 0 fully saturated rings. The summed E-state index contributed by atoms with van der Waals surface area (Å²) >= 11 is 0. The summed E-state index contributed by atoms with van der Waals surface area (Å²) in [7, 11) is 0. The minimum Gasteiger partial charge on any atom is -0.366 e. The van der Waals surface area contributed by atoms with Crippen molar-refractivity contribution in [1.29, 1.82) is 0 Å². The third kappa shape index (κ3) is 4.13. The van der Waals surface area contributed by atoms with Gasteiger partial charge in [-0.2, -0.15) is 0 Å². The van der Waals surface area contributed by atoms with E-state index in [0.717, 1.165) is 13.0 Å². The largest absolute Gasteiger partial charge is 0.366 e. The Morgan fingerprint density at radius 3 is 2.50 bits per heavy atom. The second kappa shape index (κ2) is 5.77. The molecule has 0 aromatic rings. The molecule has 0 aliphatic rings. The molecular formula is C9H18N2O. The second-order valence-electron chi connectivity index (χ2n) is 2.79. The third-order valence-electron chi connectivity index (χ3n) is 1.75. The van der Waals surface area contributed by atoms with Gasteiger partial charge in [0.2, 0.25) is 5.91 Å². The van der Waals surface area contributed by atoms with Crippen molar-refractivity contribution in [2.24, 2.45) is 5.73 Å². The summed E-state index contributed by atoms with van der Waals surface area (Å²) in [4.78, 5) is 10.7. The highest BCUT2D eigenvalue weighted by atomic mass is 16.1.